The molecular weight excluding hydrogens is 400 g/mol. The highest BCUT2D eigenvalue weighted by molar-refractivity contribution is 5.70. The Kier molecular flexibility index (Phi) is 9.42. The number of allylic oxidation sites excluding steroid dienone is 2. The maximum absolute atomic E-state index is 12.2. The zero-order valence-corrected chi connectivity index (χ0v) is 15.8. The molecule has 162 valence electrons. The number of carbonyl (C=O) groups excluding carboxylic acids is 1. The van der Waals surface area contributed by atoms with E-state index in [9.17, 15) is 31.1 Å². The number of halogens is 6. The molecule has 9 heteroatoms. The number of alkyl halides is 6. The largest absolute Gasteiger partial charge is 0.461 e. The molecule has 2 rings (SSSR count). The lowest BCUT2D eigenvalue weighted by Gasteiger charge is -2.22. The van der Waals surface area contributed by atoms with Gasteiger partial charge in [-0.2, -0.15) is 26.3 Å². The fourth-order valence-electron chi connectivity index (χ4n) is 2.34. The Balaban J connectivity index is 0.000000387. The first-order valence-electron chi connectivity index (χ1n) is 8.86. The third-order valence-corrected chi connectivity index (χ3v) is 3.96. The molecule has 1 aliphatic carbocycles. The van der Waals surface area contributed by atoms with Crippen molar-refractivity contribution in [3.05, 3.63) is 59.7 Å². The van der Waals surface area contributed by atoms with E-state index in [-0.39, 0.29) is 12.6 Å². The standard InChI is InChI=1S/C12H12F6O2.C8H11N/c13-11(14,15)9(12(16,17)18)6-10(19)20-7-8-4-2-1-3-5-8;1-7(9)8-5-3-2-4-6-8/h2,4-5,9H,1,3,6-7H2;2-7H,9H2,1H3/t;7-/m.0/s1. The molecule has 0 saturated carbocycles. The van der Waals surface area contributed by atoms with Crippen LogP contribution in [0.4, 0.5) is 26.3 Å². The van der Waals surface area contributed by atoms with E-state index < -0.39 is 30.7 Å². The van der Waals surface area contributed by atoms with Gasteiger partial charge in [0, 0.05) is 6.04 Å². The van der Waals surface area contributed by atoms with Crippen molar-refractivity contribution in [2.24, 2.45) is 11.7 Å². The van der Waals surface area contributed by atoms with Crippen molar-refractivity contribution in [1.82, 2.24) is 0 Å². The molecule has 3 nitrogen and oxygen atoms in total. The first-order chi connectivity index (χ1) is 13.4. The van der Waals surface area contributed by atoms with E-state index in [1.54, 1.807) is 18.2 Å². The number of benzene rings is 1. The van der Waals surface area contributed by atoms with E-state index in [1.165, 1.54) is 5.56 Å². The van der Waals surface area contributed by atoms with Crippen molar-refractivity contribution in [2.45, 2.75) is 44.6 Å². The Morgan fingerprint density at radius 3 is 2.07 bits per heavy atom. The summed E-state index contributed by atoms with van der Waals surface area (Å²) in [5.74, 6) is -5.22. The molecule has 0 aliphatic heterocycles. The highest BCUT2D eigenvalue weighted by atomic mass is 19.4. The second kappa shape index (κ2) is 11.0. The third-order valence-electron chi connectivity index (χ3n) is 3.96. The predicted octanol–water partition coefficient (Wildman–Crippen LogP) is 5.64. The SMILES string of the molecule is C[C@H](N)c1ccccc1.O=C(CC(C(F)(F)F)C(F)(F)F)OCC1=CCCC=C1. The van der Waals surface area contributed by atoms with Crippen LogP contribution in [-0.4, -0.2) is 24.9 Å². The van der Waals surface area contributed by atoms with E-state index in [2.05, 4.69) is 4.74 Å². The third kappa shape index (κ3) is 9.65. The molecule has 1 aliphatic rings. The van der Waals surface area contributed by atoms with Gasteiger partial charge in [0.15, 0.2) is 5.92 Å². The molecule has 2 N–H and O–H groups in total. The van der Waals surface area contributed by atoms with Crippen LogP contribution >= 0.6 is 0 Å². The van der Waals surface area contributed by atoms with Gasteiger partial charge in [-0.05, 0) is 30.9 Å². The number of hydrogen-bond donors (Lipinski definition) is 1. The first-order valence-corrected chi connectivity index (χ1v) is 8.86. The zero-order valence-electron chi connectivity index (χ0n) is 15.8. The fourth-order valence-corrected chi connectivity index (χ4v) is 2.34. The topological polar surface area (TPSA) is 52.3 Å². The van der Waals surface area contributed by atoms with Gasteiger partial charge in [-0.3, -0.25) is 4.79 Å². The van der Waals surface area contributed by atoms with Crippen LogP contribution in [0.2, 0.25) is 0 Å². The number of hydrogen-bond acceptors (Lipinski definition) is 3. The summed E-state index contributed by atoms with van der Waals surface area (Å²) in [7, 11) is 0. The van der Waals surface area contributed by atoms with E-state index >= 15 is 0 Å². The van der Waals surface area contributed by atoms with Gasteiger partial charge >= 0.3 is 18.3 Å². The van der Waals surface area contributed by atoms with E-state index in [1.807, 2.05) is 37.3 Å². The van der Waals surface area contributed by atoms with Crippen molar-refractivity contribution in [3.8, 4) is 0 Å². The van der Waals surface area contributed by atoms with Gasteiger partial charge in [-0.15, -0.1) is 0 Å². The lowest BCUT2D eigenvalue weighted by Crippen LogP contribution is -2.38. The highest BCUT2D eigenvalue weighted by Gasteiger charge is 2.57. The van der Waals surface area contributed by atoms with Crippen LogP contribution in [0.15, 0.2) is 54.1 Å². The molecule has 0 aromatic heterocycles. The van der Waals surface area contributed by atoms with Crippen molar-refractivity contribution in [2.75, 3.05) is 6.61 Å². The molecular formula is C20H23F6NO2. The molecule has 0 saturated heterocycles. The minimum Gasteiger partial charge on any atom is -0.461 e. The molecule has 1 aromatic rings. The molecule has 29 heavy (non-hydrogen) atoms. The van der Waals surface area contributed by atoms with E-state index in [0.29, 0.717) is 12.0 Å². The zero-order chi connectivity index (χ0) is 22.1. The Morgan fingerprint density at radius 1 is 1.07 bits per heavy atom. The average Bonchev–Trinajstić information content (AvgIpc) is 2.65. The molecule has 0 heterocycles. The highest BCUT2D eigenvalue weighted by Crippen LogP contribution is 2.41. The Hall–Kier alpha value is -2.29. The predicted molar refractivity (Wildman–Crippen MR) is 96.7 cm³/mol. The molecule has 1 aromatic carbocycles. The van der Waals surface area contributed by atoms with Gasteiger partial charge in [0.05, 0.1) is 6.42 Å². The maximum atomic E-state index is 12.2. The van der Waals surface area contributed by atoms with Crippen LogP contribution < -0.4 is 5.73 Å². The summed E-state index contributed by atoms with van der Waals surface area (Å²) in [5, 5.41) is 0. The minimum absolute atomic E-state index is 0.159. The van der Waals surface area contributed by atoms with E-state index in [0.717, 1.165) is 6.42 Å². The van der Waals surface area contributed by atoms with Crippen molar-refractivity contribution < 1.29 is 35.9 Å². The quantitative estimate of drug-likeness (QED) is 0.492. The van der Waals surface area contributed by atoms with Gasteiger partial charge in [0.2, 0.25) is 0 Å². The van der Waals surface area contributed by atoms with Crippen LogP contribution in [0.3, 0.4) is 0 Å². The Morgan fingerprint density at radius 2 is 1.66 bits per heavy atom. The number of esters is 1. The van der Waals surface area contributed by atoms with Crippen molar-refractivity contribution in [1.29, 1.82) is 0 Å². The second-order valence-corrected chi connectivity index (χ2v) is 6.46. The monoisotopic (exact) mass is 423 g/mol. The Bertz CT molecular complexity index is 679. The summed E-state index contributed by atoms with van der Waals surface area (Å²) in [4.78, 5) is 11.1. The fraction of sp³-hybridized carbons (Fsp3) is 0.450. The van der Waals surface area contributed by atoms with Gasteiger partial charge in [-0.1, -0.05) is 48.6 Å². The van der Waals surface area contributed by atoms with Crippen molar-refractivity contribution >= 4 is 5.97 Å². The van der Waals surface area contributed by atoms with Gasteiger partial charge < -0.3 is 10.5 Å². The minimum atomic E-state index is -5.53. The second-order valence-electron chi connectivity index (χ2n) is 6.46. The summed E-state index contributed by atoms with van der Waals surface area (Å²) in [6.07, 6.45) is -6.23. The average molecular weight is 423 g/mol. The summed E-state index contributed by atoms with van der Waals surface area (Å²) in [6.45, 7) is 1.66. The molecule has 0 radical (unpaired) electrons. The number of ether oxygens (including phenoxy) is 1. The molecule has 1 atom stereocenters. The number of nitrogens with two attached hydrogens (primary N) is 1. The molecule has 0 unspecified atom stereocenters. The normalized spacial score (nSPS) is 15.3. The lowest BCUT2D eigenvalue weighted by atomic mass is 10.0. The maximum Gasteiger partial charge on any atom is 0.401 e. The van der Waals surface area contributed by atoms with Gasteiger partial charge in [0.1, 0.15) is 6.61 Å². The van der Waals surface area contributed by atoms with Gasteiger partial charge in [0.25, 0.3) is 0 Å². The van der Waals surface area contributed by atoms with Crippen LogP contribution in [0, 0.1) is 5.92 Å². The lowest BCUT2D eigenvalue weighted by molar-refractivity contribution is -0.285. The summed E-state index contributed by atoms with van der Waals surface area (Å²) in [5.41, 5.74) is 7.36. The Labute approximate surface area is 165 Å². The molecule has 0 bridgehead atoms. The summed E-state index contributed by atoms with van der Waals surface area (Å²) in [6, 6.07) is 10.2. The van der Waals surface area contributed by atoms with Crippen LogP contribution in [0.5, 0.6) is 0 Å². The summed E-state index contributed by atoms with van der Waals surface area (Å²) >= 11 is 0. The number of rotatable bonds is 5. The summed E-state index contributed by atoms with van der Waals surface area (Å²) < 4.78 is 77.8. The van der Waals surface area contributed by atoms with Crippen LogP contribution in [0.1, 0.15) is 37.8 Å². The molecule has 0 spiro atoms. The van der Waals surface area contributed by atoms with Crippen LogP contribution in [0.25, 0.3) is 0 Å². The number of carbonyl (C=O) groups is 1. The molecule has 0 amide bonds. The first kappa shape index (κ1) is 24.7. The van der Waals surface area contributed by atoms with E-state index in [4.69, 9.17) is 5.73 Å². The van der Waals surface area contributed by atoms with Crippen molar-refractivity contribution in [3.63, 3.8) is 0 Å². The smallest absolute Gasteiger partial charge is 0.401 e. The van der Waals surface area contributed by atoms with Crippen LogP contribution in [-0.2, 0) is 9.53 Å². The van der Waals surface area contributed by atoms with Gasteiger partial charge in [-0.25, -0.2) is 0 Å². The molecule has 0 fully saturated rings.